The first-order chi connectivity index (χ1) is 8.06. The molecule has 0 spiro atoms. The average Bonchev–Trinajstić information content (AvgIpc) is 2.26. The molecule has 1 aromatic carbocycles. The molecule has 2 N–H and O–H groups in total. The second-order valence-corrected chi connectivity index (χ2v) is 5.67. The molecular weight excluding hydrogens is 285 g/mol. The lowest BCUT2D eigenvalue weighted by molar-refractivity contribution is 0.129. The van der Waals surface area contributed by atoms with E-state index in [-0.39, 0.29) is 11.9 Å². The molecule has 0 aliphatic heterocycles. The largest absolute Gasteiger partial charge is 0.488 e. The van der Waals surface area contributed by atoms with E-state index >= 15 is 0 Å². The highest BCUT2D eigenvalue weighted by Crippen LogP contribution is 2.32. The van der Waals surface area contributed by atoms with Gasteiger partial charge in [-0.15, -0.1) is 0 Å². The third kappa shape index (κ3) is 3.12. The summed E-state index contributed by atoms with van der Waals surface area (Å²) in [5.74, 6) is 0.804. The molecule has 94 valence electrons. The molecule has 1 fully saturated rings. The molecule has 0 amide bonds. The lowest BCUT2D eigenvalue weighted by Gasteiger charge is -2.27. The van der Waals surface area contributed by atoms with E-state index in [4.69, 9.17) is 10.5 Å². The van der Waals surface area contributed by atoms with E-state index in [2.05, 4.69) is 22.9 Å². The van der Waals surface area contributed by atoms with Gasteiger partial charge in [-0.05, 0) is 47.2 Å². The van der Waals surface area contributed by atoms with E-state index in [1.807, 2.05) is 0 Å². The van der Waals surface area contributed by atoms with E-state index in [1.54, 1.807) is 6.07 Å². The van der Waals surface area contributed by atoms with Gasteiger partial charge in [0.2, 0.25) is 0 Å². The van der Waals surface area contributed by atoms with Crippen LogP contribution < -0.4 is 10.5 Å². The van der Waals surface area contributed by atoms with Crippen LogP contribution in [0.4, 0.5) is 10.1 Å². The fraction of sp³-hybridized carbons (Fsp3) is 0.538. The summed E-state index contributed by atoms with van der Waals surface area (Å²) in [6, 6.07) is 2.91. The van der Waals surface area contributed by atoms with Crippen LogP contribution in [0.5, 0.6) is 5.75 Å². The second kappa shape index (κ2) is 5.25. The number of nitrogen functional groups attached to an aromatic ring is 1. The Morgan fingerprint density at radius 2 is 2.18 bits per heavy atom. The van der Waals surface area contributed by atoms with Crippen LogP contribution in [0.2, 0.25) is 0 Å². The summed E-state index contributed by atoms with van der Waals surface area (Å²) in [5.41, 5.74) is 6.30. The van der Waals surface area contributed by atoms with E-state index in [0.29, 0.717) is 21.8 Å². The standard InChI is InChI=1S/C13H17BrFNO/c1-8-3-2-4-9(5-8)17-13-7-11(15)10(14)6-12(13)16/h6-9H,2-5,16H2,1H3. The minimum atomic E-state index is -0.335. The molecule has 1 aliphatic carbocycles. The number of ether oxygens (including phenoxy) is 1. The van der Waals surface area contributed by atoms with Gasteiger partial charge >= 0.3 is 0 Å². The molecule has 0 bridgehead atoms. The maximum atomic E-state index is 13.4. The Hall–Kier alpha value is -0.770. The van der Waals surface area contributed by atoms with Gasteiger partial charge in [-0.1, -0.05) is 13.3 Å². The lowest BCUT2D eigenvalue weighted by Crippen LogP contribution is -2.24. The van der Waals surface area contributed by atoms with Crippen LogP contribution >= 0.6 is 15.9 Å². The van der Waals surface area contributed by atoms with Crippen molar-refractivity contribution in [3.63, 3.8) is 0 Å². The van der Waals surface area contributed by atoms with Crippen molar-refractivity contribution < 1.29 is 9.13 Å². The molecule has 0 heterocycles. The Bertz CT molecular complexity index is 411. The molecule has 1 aliphatic rings. The van der Waals surface area contributed by atoms with Crippen LogP contribution in [-0.2, 0) is 0 Å². The number of nitrogens with two attached hydrogens (primary N) is 1. The van der Waals surface area contributed by atoms with Crippen LogP contribution in [0.1, 0.15) is 32.6 Å². The second-order valence-electron chi connectivity index (χ2n) is 4.82. The molecular formula is C13H17BrFNO. The van der Waals surface area contributed by atoms with Gasteiger partial charge in [0.05, 0.1) is 16.3 Å². The van der Waals surface area contributed by atoms with Crippen molar-refractivity contribution in [3.05, 3.63) is 22.4 Å². The van der Waals surface area contributed by atoms with Gasteiger partial charge in [-0.3, -0.25) is 0 Å². The van der Waals surface area contributed by atoms with Crippen LogP contribution in [0, 0.1) is 11.7 Å². The van der Waals surface area contributed by atoms with Gasteiger partial charge in [0.15, 0.2) is 0 Å². The summed E-state index contributed by atoms with van der Waals surface area (Å²) in [6.07, 6.45) is 4.65. The summed E-state index contributed by atoms with van der Waals surface area (Å²) in [5, 5.41) is 0. The van der Waals surface area contributed by atoms with Crippen molar-refractivity contribution in [3.8, 4) is 5.75 Å². The van der Waals surface area contributed by atoms with E-state index in [1.165, 1.54) is 18.9 Å². The molecule has 1 saturated carbocycles. The molecule has 0 saturated heterocycles. The van der Waals surface area contributed by atoms with Gasteiger partial charge in [0.25, 0.3) is 0 Å². The molecule has 17 heavy (non-hydrogen) atoms. The van der Waals surface area contributed by atoms with Gasteiger partial charge in [0.1, 0.15) is 11.6 Å². The van der Waals surface area contributed by atoms with Crippen LogP contribution in [0.25, 0.3) is 0 Å². The van der Waals surface area contributed by atoms with Crippen molar-refractivity contribution in [1.82, 2.24) is 0 Å². The van der Waals surface area contributed by atoms with Crippen LogP contribution in [-0.4, -0.2) is 6.10 Å². The van der Waals surface area contributed by atoms with Crippen molar-refractivity contribution in [2.24, 2.45) is 5.92 Å². The summed E-state index contributed by atoms with van der Waals surface area (Å²) in [6.45, 7) is 2.22. The summed E-state index contributed by atoms with van der Waals surface area (Å²) in [4.78, 5) is 0. The quantitative estimate of drug-likeness (QED) is 0.834. The van der Waals surface area contributed by atoms with Gasteiger partial charge in [-0.25, -0.2) is 4.39 Å². The van der Waals surface area contributed by atoms with Crippen molar-refractivity contribution in [2.45, 2.75) is 38.7 Å². The van der Waals surface area contributed by atoms with Gasteiger partial charge < -0.3 is 10.5 Å². The van der Waals surface area contributed by atoms with E-state index in [9.17, 15) is 4.39 Å². The maximum Gasteiger partial charge on any atom is 0.145 e. The first-order valence-electron chi connectivity index (χ1n) is 5.97. The smallest absolute Gasteiger partial charge is 0.145 e. The third-order valence-electron chi connectivity index (χ3n) is 3.23. The molecule has 2 unspecified atom stereocenters. The summed E-state index contributed by atoms with van der Waals surface area (Å²) in [7, 11) is 0. The number of hydrogen-bond donors (Lipinski definition) is 1. The van der Waals surface area contributed by atoms with Gasteiger partial charge in [-0.2, -0.15) is 0 Å². The number of halogens is 2. The highest BCUT2D eigenvalue weighted by molar-refractivity contribution is 9.10. The number of anilines is 1. The Morgan fingerprint density at radius 1 is 1.41 bits per heavy atom. The minimum Gasteiger partial charge on any atom is -0.488 e. The Labute approximate surface area is 109 Å². The average molecular weight is 302 g/mol. The Kier molecular flexibility index (Phi) is 3.92. The Morgan fingerprint density at radius 3 is 2.88 bits per heavy atom. The van der Waals surface area contributed by atoms with Crippen LogP contribution in [0.3, 0.4) is 0 Å². The van der Waals surface area contributed by atoms with Crippen LogP contribution in [0.15, 0.2) is 16.6 Å². The summed E-state index contributed by atoms with van der Waals surface area (Å²) < 4.78 is 19.6. The Balaban J connectivity index is 2.10. The fourth-order valence-corrected chi connectivity index (χ4v) is 2.67. The number of rotatable bonds is 2. The summed E-state index contributed by atoms with van der Waals surface area (Å²) >= 11 is 3.10. The minimum absolute atomic E-state index is 0.168. The zero-order valence-corrected chi connectivity index (χ0v) is 11.5. The molecule has 2 rings (SSSR count). The number of benzene rings is 1. The van der Waals surface area contributed by atoms with Gasteiger partial charge in [0, 0.05) is 6.07 Å². The molecule has 2 atom stereocenters. The predicted octanol–water partition coefficient (Wildman–Crippen LogP) is 4.13. The molecule has 0 aromatic heterocycles. The highest BCUT2D eigenvalue weighted by Gasteiger charge is 2.21. The van der Waals surface area contributed by atoms with Crippen molar-refractivity contribution >= 4 is 21.6 Å². The zero-order chi connectivity index (χ0) is 12.4. The first kappa shape index (κ1) is 12.7. The van der Waals surface area contributed by atoms with Crippen molar-refractivity contribution in [1.29, 1.82) is 0 Å². The molecule has 1 aromatic rings. The maximum absolute atomic E-state index is 13.4. The van der Waals surface area contributed by atoms with E-state index in [0.717, 1.165) is 12.8 Å². The highest BCUT2D eigenvalue weighted by atomic mass is 79.9. The predicted molar refractivity (Wildman–Crippen MR) is 70.6 cm³/mol. The fourth-order valence-electron chi connectivity index (χ4n) is 2.31. The first-order valence-corrected chi connectivity index (χ1v) is 6.76. The SMILES string of the molecule is CC1CCCC(Oc2cc(F)c(Br)cc2N)C1. The van der Waals surface area contributed by atoms with Crippen molar-refractivity contribution in [2.75, 3.05) is 5.73 Å². The normalized spacial score (nSPS) is 24.6. The van der Waals surface area contributed by atoms with E-state index < -0.39 is 0 Å². The zero-order valence-electron chi connectivity index (χ0n) is 9.88. The number of hydrogen-bond acceptors (Lipinski definition) is 2. The topological polar surface area (TPSA) is 35.2 Å². The molecule has 4 heteroatoms. The molecule has 2 nitrogen and oxygen atoms in total. The third-order valence-corrected chi connectivity index (χ3v) is 3.84. The monoisotopic (exact) mass is 301 g/mol. The lowest BCUT2D eigenvalue weighted by atomic mass is 9.89. The molecule has 0 radical (unpaired) electrons.